The lowest BCUT2D eigenvalue weighted by molar-refractivity contribution is 0.178. The van der Waals surface area contributed by atoms with E-state index in [2.05, 4.69) is 38.1 Å². The maximum atomic E-state index is 4.52. The molecule has 15 heavy (non-hydrogen) atoms. The zero-order valence-electron chi connectivity index (χ0n) is 9.08. The standard InChI is InChI=1S/C11H17BrN2S/c1-9-13-11(8-15-9)7-14-4-2-3-10(5-12)6-14/h8,10H,2-7H2,1H3. The van der Waals surface area contributed by atoms with E-state index in [1.165, 1.54) is 36.6 Å². The Labute approximate surface area is 104 Å². The lowest BCUT2D eigenvalue weighted by Crippen LogP contribution is -2.35. The summed E-state index contributed by atoms with van der Waals surface area (Å²) in [7, 11) is 0. The second kappa shape index (κ2) is 5.41. The van der Waals surface area contributed by atoms with Crippen molar-refractivity contribution in [3.05, 3.63) is 16.1 Å². The first-order chi connectivity index (χ1) is 7.28. The number of hydrogen-bond acceptors (Lipinski definition) is 3. The molecule has 1 atom stereocenters. The van der Waals surface area contributed by atoms with E-state index < -0.39 is 0 Å². The largest absolute Gasteiger partial charge is 0.297 e. The van der Waals surface area contributed by atoms with Gasteiger partial charge in [-0.25, -0.2) is 4.98 Å². The molecule has 0 saturated carbocycles. The van der Waals surface area contributed by atoms with Gasteiger partial charge in [0, 0.05) is 23.8 Å². The van der Waals surface area contributed by atoms with Gasteiger partial charge in [-0.15, -0.1) is 11.3 Å². The van der Waals surface area contributed by atoms with Crippen molar-refractivity contribution in [1.29, 1.82) is 0 Å². The van der Waals surface area contributed by atoms with E-state index in [-0.39, 0.29) is 0 Å². The Morgan fingerprint density at radius 1 is 1.67 bits per heavy atom. The molecule has 84 valence electrons. The van der Waals surface area contributed by atoms with Gasteiger partial charge < -0.3 is 0 Å². The second-order valence-corrected chi connectivity index (χ2v) is 5.97. The molecular formula is C11H17BrN2S. The van der Waals surface area contributed by atoms with Crippen molar-refractivity contribution >= 4 is 27.3 Å². The number of halogens is 1. The molecule has 0 spiro atoms. The van der Waals surface area contributed by atoms with Gasteiger partial charge in [-0.3, -0.25) is 4.90 Å². The highest BCUT2D eigenvalue weighted by molar-refractivity contribution is 9.09. The minimum absolute atomic E-state index is 0.832. The number of nitrogens with zero attached hydrogens (tertiary/aromatic N) is 2. The number of rotatable bonds is 3. The van der Waals surface area contributed by atoms with Crippen molar-refractivity contribution in [3.63, 3.8) is 0 Å². The van der Waals surface area contributed by atoms with E-state index in [0.717, 1.165) is 17.8 Å². The molecule has 4 heteroatoms. The molecule has 1 saturated heterocycles. The van der Waals surface area contributed by atoms with E-state index in [1.54, 1.807) is 11.3 Å². The summed E-state index contributed by atoms with van der Waals surface area (Å²) in [4.78, 5) is 7.05. The molecule has 0 radical (unpaired) electrons. The molecule has 2 nitrogen and oxygen atoms in total. The van der Waals surface area contributed by atoms with Crippen LogP contribution in [-0.2, 0) is 6.54 Å². The van der Waals surface area contributed by atoms with Crippen LogP contribution in [0.5, 0.6) is 0 Å². The fourth-order valence-corrected chi connectivity index (χ4v) is 3.26. The first kappa shape index (κ1) is 11.6. The van der Waals surface area contributed by atoms with Crippen molar-refractivity contribution in [1.82, 2.24) is 9.88 Å². The highest BCUT2D eigenvalue weighted by Gasteiger charge is 2.19. The molecule has 1 aliphatic heterocycles. The van der Waals surface area contributed by atoms with Crippen LogP contribution in [-0.4, -0.2) is 28.3 Å². The van der Waals surface area contributed by atoms with Crippen LogP contribution in [0.3, 0.4) is 0 Å². The van der Waals surface area contributed by atoms with E-state index >= 15 is 0 Å². The summed E-state index contributed by atoms with van der Waals surface area (Å²) in [6.07, 6.45) is 2.71. The number of aryl methyl sites for hydroxylation is 1. The zero-order valence-corrected chi connectivity index (χ0v) is 11.5. The molecule has 0 N–H and O–H groups in total. The predicted octanol–water partition coefficient (Wildman–Crippen LogP) is 3.06. The minimum Gasteiger partial charge on any atom is -0.297 e. The molecule has 1 unspecified atom stereocenters. The van der Waals surface area contributed by atoms with Crippen LogP contribution in [0, 0.1) is 12.8 Å². The van der Waals surface area contributed by atoms with Crippen LogP contribution in [0.2, 0.25) is 0 Å². The maximum Gasteiger partial charge on any atom is 0.0897 e. The van der Waals surface area contributed by atoms with Crippen molar-refractivity contribution in [2.45, 2.75) is 26.3 Å². The third kappa shape index (κ3) is 3.26. The van der Waals surface area contributed by atoms with E-state index in [9.17, 15) is 0 Å². The Morgan fingerprint density at radius 2 is 2.53 bits per heavy atom. The Kier molecular flexibility index (Phi) is 4.17. The fourth-order valence-electron chi connectivity index (χ4n) is 2.13. The SMILES string of the molecule is Cc1nc(CN2CCCC(CBr)C2)cs1. The van der Waals surface area contributed by atoms with E-state index in [1.807, 2.05) is 0 Å². The number of likely N-dealkylation sites (tertiary alicyclic amines) is 1. The zero-order chi connectivity index (χ0) is 10.7. The van der Waals surface area contributed by atoms with Crippen molar-refractivity contribution in [3.8, 4) is 0 Å². The van der Waals surface area contributed by atoms with Gasteiger partial charge >= 0.3 is 0 Å². The molecule has 0 aromatic carbocycles. The van der Waals surface area contributed by atoms with Crippen LogP contribution in [0.1, 0.15) is 23.5 Å². The molecule has 0 amide bonds. The smallest absolute Gasteiger partial charge is 0.0897 e. The first-order valence-electron chi connectivity index (χ1n) is 5.47. The molecule has 1 fully saturated rings. The van der Waals surface area contributed by atoms with E-state index in [4.69, 9.17) is 0 Å². The van der Waals surface area contributed by atoms with Crippen LogP contribution in [0.4, 0.5) is 0 Å². The Balaban J connectivity index is 1.88. The Hall–Kier alpha value is 0.0700. The summed E-state index contributed by atoms with van der Waals surface area (Å²) < 4.78 is 0. The van der Waals surface area contributed by atoms with E-state index in [0.29, 0.717) is 0 Å². The highest BCUT2D eigenvalue weighted by atomic mass is 79.9. The number of piperidine rings is 1. The molecule has 2 rings (SSSR count). The summed E-state index contributed by atoms with van der Waals surface area (Å²) >= 11 is 5.34. The summed E-state index contributed by atoms with van der Waals surface area (Å²) in [6.45, 7) is 5.57. The average Bonchev–Trinajstić information content (AvgIpc) is 2.64. The number of hydrogen-bond donors (Lipinski definition) is 0. The van der Waals surface area contributed by atoms with Gasteiger partial charge in [-0.2, -0.15) is 0 Å². The summed E-state index contributed by atoms with van der Waals surface area (Å²) in [6, 6.07) is 0. The van der Waals surface area contributed by atoms with Crippen LogP contribution >= 0.6 is 27.3 Å². The summed E-state index contributed by atoms with van der Waals surface area (Å²) in [5.74, 6) is 0.832. The number of aromatic nitrogens is 1. The Morgan fingerprint density at radius 3 is 3.20 bits per heavy atom. The normalized spacial score (nSPS) is 23.2. The quantitative estimate of drug-likeness (QED) is 0.795. The van der Waals surface area contributed by atoms with Crippen LogP contribution in [0.15, 0.2) is 5.38 Å². The van der Waals surface area contributed by atoms with Crippen LogP contribution in [0.25, 0.3) is 0 Å². The molecule has 1 aliphatic rings. The van der Waals surface area contributed by atoms with Crippen LogP contribution < -0.4 is 0 Å². The van der Waals surface area contributed by atoms with Crippen molar-refractivity contribution in [2.75, 3.05) is 18.4 Å². The highest BCUT2D eigenvalue weighted by Crippen LogP contribution is 2.20. The Bertz CT molecular complexity index is 313. The fraction of sp³-hybridized carbons (Fsp3) is 0.727. The molecule has 1 aromatic rings. The predicted molar refractivity (Wildman–Crippen MR) is 68.6 cm³/mol. The lowest BCUT2D eigenvalue weighted by atomic mass is 10.0. The topological polar surface area (TPSA) is 16.1 Å². The molecule has 0 bridgehead atoms. The third-order valence-corrected chi connectivity index (χ3v) is 4.61. The maximum absolute atomic E-state index is 4.52. The van der Waals surface area contributed by atoms with Gasteiger partial charge in [0.05, 0.1) is 10.7 Å². The number of thiazole rings is 1. The molecular weight excluding hydrogens is 272 g/mol. The average molecular weight is 289 g/mol. The lowest BCUT2D eigenvalue weighted by Gasteiger charge is -2.31. The van der Waals surface area contributed by atoms with Gasteiger partial charge in [-0.05, 0) is 32.2 Å². The van der Waals surface area contributed by atoms with Crippen molar-refractivity contribution in [2.24, 2.45) is 5.92 Å². The van der Waals surface area contributed by atoms with Gasteiger partial charge in [0.2, 0.25) is 0 Å². The minimum atomic E-state index is 0.832. The number of alkyl halides is 1. The van der Waals surface area contributed by atoms with Gasteiger partial charge in [-0.1, -0.05) is 15.9 Å². The summed E-state index contributed by atoms with van der Waals surface area (Å²) in [5, 5.41) is 4.51. The van der Waals surface area contributed by atoms with Gasteiger partial charge in [0.15, 0.2) is 0 Å². The second-order valence-electron chi connectivity index (χ2n) is 4.26. The molecule has 0 aliphatic carbocycles. The third-order valence-electron chi connectivity index (χ3n) is 2.87. The monoisotopic (exact) mass is 288 g/mol. The molecule has 2 heterocycles. The molecule has 1 aromatic heterocycles. The van der Waals surface area contributed by atoms with Gasteiger partial charge in [0.1, 0.15) is 0 Å². The van der Waals surface area contributed by atoms with Crippen molar-refractivity contribution < 1.29 is 0 Å². The summed E-state index contributed by atoms with van der Waals surface area (Å²) in [5.41, 5.74) is 1.24. The first-order valence-corrected chi connectivity index (χ1v) is 7.47. The van der Waals surface area contributed by atoms with Gasteiger partial charge in [0.25, 0.3) is 0 Å².